The fraction of sp³-hybridized carbons (Fsp3) is 0.471. The molecule has 0 unspecified atom stereocenters. The van der Waals surface area contributed by atoms with Gasteiger partial charge in [0, 0.05) is 32.7 Å². The third kappa shape index (κ3) is 3.20. The molecule has 0 atom stereocenters. The number of aromatic nitrogens is 2. The zero-order valence-corrected chi connectivity index (χ0v) is 14.1. The summed E-state index contributed by atoms with van der Waals surface area (Å²) in [5, 5.41) is 5.71. The molecule has 0 aliphatic carbocycles. The number of urea groups is 1. The first kappa shape index (κ1) is 16.3. The minimum atomic E-state index is -0.129. The van der Waals surface area contributed by atoms with Gasteiger partial charge in [0.15, 0.2) is 5.82 Å². The van der Waals surface area contributed by atoms with E-state index in [1.54, 1.807) is 11.6 Å². The van der Waals surface area contributed by atoms with Crippen molar-refractivity contribution in [1.29, 1.82) is 0 Å². The van der Waals surface area contributed by atoms with Crippen LogP contribution < -0.4 is 21.1 Å². The monoisotopic (exact) mass is 329 g/mol. The third-order valence-corrected chi connectivity index (χ3v) is 4.43. The van der Waals surface area contributed by atoms with Gasteiger partial charge in [0.2, 0.25) is 0 Å². The van der Waals surface area contributed by atoms with Crippen molar-refractivity contribution in [2.45, 2.75) is 25.8 Å². The number of fused-ring (bicyclic) bond motifs is 1. The Balaban J connectivity index is 1.75. The lowest BCUT2D eigenvalue weighted by Crippen LogP contribution is -2.49. The Morgan fingerprint density at radius 1 is 1.29 bits per heavy atom. The highest BCUT2D eigenvalue weighted by Crippen LogP contribution is 2.18. The van der Waals surface area contributed by atoms with E-state index in [1.807, 2.05) is 36.1 Å². The first-order chi connectivity index (χ1) is 11.6. The number of benzene rings is 1. The number of piperidine rings is 1. The van der Waals surface area contributed by atoms with Crippen LogP contribution in [0.4, 0.5) is 10.6 Å². The molecule has 0 radical (unpaired) electrons. The van der Waals surface area contributed by atoms with Crippen molar-refractivity contribution in [3.63, 3.8) is 0 Å². The zero-order chi connectivity index (χ0) is 17.1. The maximum absolute atomic E-state index is 12.6. The summed E-state index contributed by atoms with van der Waals surface area (Å²) in [6.07, 6.45) is 1.60. The van der Waals surface area contributed by atoms with E-state index in [9.17, 15) is 9.59 Å². The minimum absolute atomic E-state index is 0.0798. The van der Waals surface area contributed by atoms with Gasteiger partial charge < -0.3 is 20.1 Å². The maximum atomic E-state index is 12.6. The average molecular weight is 329 g/mol. The Kier molecular flexibility index (Phi) is 4.69. The van der Waals surface area contributed by atoms with Crippen LogP contribution in [-0.4, -0.2) is 41.3 Å². The highest BCUT2D eigenvalue weighted by atomic mass is 16.2. The Labute approximate surface area is 140 Å². The van der Waals surface area contributed by atoms with E-state index in [2.05, 4.69) is 15.6 Å². The van der Waals surface area contributed by atoms with Crippen LogP contribution in [0.2, 0.25) is 0 Å². The molecule has 7 nitrogen and oxygen atoms in total. The van der Waals surface area contributed by atoms with Crippen LogP contribution in [0.5, 0.6) is 0 Å². The summed E-state index contributed by atoms with van der Waals surface area (Å²) in [4.78, 5) is 30.8. The molecule has 24 heavy (non-hydrogen) atoms. The predicted molar refractivity (Wildman–Crippen MR) is 94.4 cm³/mol. The molecule has 128 valence electrons. The fourth-order valence-electron chi connectivity index (χ4n) is 3.10. The zero-order valence-electron chi connectivity index (χ0n) is 14.1. The van der Waals surface area contributed by atoms with E-state index in [-0.39, 0.29) is 17.6 Å². The van der Waals surface area contributed by atoms with Crippen molar-refractivity contribution in [3.05, 3.63) is 34.6 Å². The molecule has 2 N–H and O–H groups in total. The number of amides is 2. The number of aryl methyl sites for hydroxylation is 1. The maximum Gasteiger partial charge on any atom is 0.314 e. The molecule has 1 aromatic heterocycles. The molecule has 1 aliphatic rings. The molecule has 7 heteroatoms. The van der Waals surface area contributed by atoms with E-state index in [1.165, 1.54) is 0 Å². The second kappa shape index (κ2) is 6.90. The van der Waals surface area contributed by atoms with Crippen LogP contribution in [-0.2, 0) is 7.05 Å². The van der Waals surface area contributed by atoms with E-state index in [0.29, 0.717) is 25.5 Å². The standard InChI is InChI=1S/C17H23N5O2/c1-3-18-17(24)19-12-8-10-22(11-9-12)15-16(23)21(2)14-7-5-4-6-13(14)20-15/h4-7,12H,3,8-11H2,1-2H3,(H2,18,19,24). The summed E-state index contributed by atoms with van der Waals surface area (Å²) in [5.41, 5.74) is 1.57. The molecule has 1 aromatic carbocycles. The van der Waals surface area contributed by atoms with Crippen LogP contribution in [0, 0.1) is 0 Å². The number of rotatable bonds is 3. The highest BCUT2D eigenvalue weighted by Gasteiger charge is 2.23. The largest absolute Gasteiger partial charge is 0.352 e. The number of anilines is 1. The Bertz CT molecular complexity index is 793. The number of nitrogens with one attached hydrogen (secondary N) is 2. The number of nitrogens with zero attached hydrogens (tertiary/aromatic N) is 3. The van der Waals surface area contributed by atoms with Gasteiger partial charge in [-0.2, -0.15) is 0 Å². The van der Waals surface area contributed by atoms with Gasteiger partial charge in [-0.05, 0) is 31.9 Å². The highest BCUT2D eigenvalue weighted by molar-refractivity contribution is 5.76. The molecule has 1 aliphatic heterocycles. The van der Waals surface area contributed by atoms with Crippen molar-refractivity contribution in [2.75, 3.05) is 24.5 Å². The second-order valence-corrected chi connectivity index (χ2v) is 6.05. The van der Waals surface area contributed by atoms with E-state index in [0.717, 1.165) is 23.9 Å². The second-order valence-electron chi connectivity index (χ2n) is 6.05. The van der Waals surface area contributed by atoms with Crippen molar-refractivity contribution in [3.8, 4) is 0 Å². The van der Waals surface area contributed by atoms with Crippen LogP contribution in [0.25, 0.3) is 11.0 Å². The molecule has 0 spiro atoms. The Morgan fingerprint density at radius 2 is 2.00 bits per heavy atom. The lowest BCUT2D eigenvalue weighted by molar-refractivity contribution is 0.235. The normalized spacial score (nSPS) is 15.5. The number of hydrogen-bond donors (Lipinski definition) is 2. The molecule has 2 amide bonds. The van der Waals surface area contributed by atoms with Crippen LogP contribution in [0.1, 0.15) is 19.8 Å². The molecular formula is C17H23N5O2. The molecule has 1 fully saturated rings. The summed E-state index contributed by atoms with van der Waals surface area (Å²) in [6, 6.07) is 7.65. The summed E-state index contributed by atoms with van der Waals surface area (Å²) in [5.74, 6) is 0.493. The topological polar surface area (TPSA) is 79.3 Å². The molecule has 2 heterocycles. The van der Waals surface area contributed by atoms with E-state index < -0.39 is 0 Å². The van der Waals surface area contributed by atoms with Crippen LogP contribution in [0.3, 0.4) is 0 Å². The van der Waals surface area contributed by atoms with Gasteiger partial charge in [0.05, 0.1) is 11.0 Å². The number of para-hydroxylation sites is 2. The Morgan fingerprint density at radius 3 is 2.71 bits per heavy atom. The van der Waals surface area contributed by atoms with Gasteiger partial charge >= 0.3 is 6.03 Å². The molecule has 2 aromatic rings. The summed E-state index contributed by atoms with van der Waals surface area (Å²) >= 11 is 0. The molecule has 0 saturated carbocycles. The number of hydrogen-bond acceptors (Lipinski definition) is 4. The van der Waals surface area contributed by atoms with Gasteiger partial charge in [-0.3, -0.25) is 4.79 Å². The summed E-state index contributed by atoms with van der Waals surface area (Å²) in [7, 11) is 1.78. The lowest BCUT2D eigenvalue weighted by atomic mass is 10.1. The summed E-state index contributed by atoms with van der Waals surface area (Å²) in [6.45, 7) is 3.92. The van der Waals surface area contributed by atoms with Crippen molar-refractivity contribution < 1.29 is 4.79 Å². The Hall–Kier alpha value is -2.57. The van der Waals surface area contributed by atoms with Crippen LogP contribution in [0.15, 0.2) is 29.1 Å². The van der Waals surface area contributed by atoms with Crippen LogP contribution >= 0.6 is 0 Å². The molecule has 0 bridgehead atoms. The SMILES string of the molecule is CCNC(=O)NC1CCN(c2nc3ccccc3n(C)c2=O)CC1. The van der Waals surface area contributed by atoms with Crippen molar-refractivity contribution in [1.82, 2.24) is 20.2 Å². The first-order valence-electron chi connectivity index (χ1n) is 8.35. The molecule has 1 saturated heterocycles. The lowest BCUT2D eigenvalue weighted by Gasteiger charge is -2.32. The third-order valence-electron chi connectivity index (χ3n) is 4.43. The fourth-order valence-corrected chi connectivity index (χ4v) is 3.10. The summed E-state index contributed by atoms with van der Waals surface area (Å²) < 4.78 is 1.65. The van der Waals surface area contributed by atoms with Gasteiger partial charge in [-0.25, -0.2) is 9.78 Å². The smallest absolute Gasteiger partial charge is 0.314 e. The predicted octanol–water partition coefficient (Wildman–Crippen LogP) is 1.22. The van der Waals surface area contributed by atoms with Gasteiger partial charge in [-0.15, -0.1) is 0 Å². The first-order valence-corrected chi connectivity index (χ1v) is 8.35. The van der Waals surface area contributed by atoms with E-state index >= 15 is 0 Å². The van der Waals surface area contributed by atoms with Crippen molar-refractivity contribution in [2.24, 2.45) is 7.05 Å². The van der Waals surface area contributed by atoms with Gasteiger partial charge in [0.25, 0.3) is 5.56 Å². The minimum Gasteiger partial charge on any atom is -0.352 e. The van der Waals surface area contributed by atoms with E-state index in [4.69, 9.17) is 0 Å². The van der Waals surface area contributed by atoms with Gasteiger partial charge in [0.1, 0.15) is 0 Å². The number of carbonyl (C=O) groups excluding carboxylic acids is 1. The molecule has 3 rings (SSSR count). The van der Waals surface area contributed by atoms with Crippen molar-refractivity contribution >= 4 is 22.9 Å². The average Bonchev–Trinajstić information content (AvgIpc) is 2.59. The quantitative estimate of drug-likeness (QED) is 0.887. The van der Waals surface area contributed by atoms with Gasteiger partial charge in [-0.1, -0.05) is 12.1 Å². The number of carbonyl (C=O) groups is 1. The molecular weight excluding hydrogens is 306 g/mol.